The third kappa shape index (κ3) is 4.44. The van der Waals surface area contributed by atoms with Crippen molar-refractivity contribution in [2.75, 3.05) is 7.05 Å². The lowest BCUT2D eigenvalue weighted by Gasteiger charge is -2.35. The number of rotatable bonds is 5. The number of amides is 2. The minimum atomic E-state index is -0.959. The van der Waals surface area contributed by atoms with E-state index in [1.54, 1.807) is 7.05 Å². The van der Waals surface area contributed by atoms with Crippen LogP contribution in [0.3, 0.4) is 0 Å². The zero-order chi connectivity index (χ0) is 16.2. The zero-order valence-electron chi connectivity index (χ0n) is 13.2. The summed E-state index contributed by atoms with van der Waals surface area (Å²) in [5, 5.41) is 14.8. The van der Waals surface area contributed by atoms with E-state index in [1.165, 1.54) is 0 Å². The molecule has 1 aliphatic rings. The van der Waals surface area contributed by atoms with Crippen molar-refractivity contribution in [3.05, 3.63) is 0 Å². The number of hydrogen-bond donors (Lipinski definition) is 3. The Bertz CT molecular complexity index is 420. The predicted molar refractivity (Wildman–Crippen MR) is 78.5 cm³/mol. The molecule has 1 rings (SSSR count). The summed E-state index contributed by atoms with van der Waals surface area (Å²) in [5.74, 6) is -2.98. The van der Waals surface area contributed by atoms with Crippen LogP contribution in [0.1, 0.15) is 46.5 Å². The summed E-state index contributed by atoms with van der Waals surface area (Å²) in [6.07, 6.45) is 1.92. The molecule has 6 heteroatoms. The van der Waals surface area contributed by atoms with Crippen LogP contribution in [0.4, 0.5) is 0 Å². The highest BCUT2D eigenvalue weighted by molar-refractivity contribution is 5.87. The molecule has 1 saturated carbocycles. The van der Waals surface area contributed by atoms with Crippen molar-refractivity contribution in [2.24, 2.45) is 17.8 Å². The van der Waals surface area contributed by atoms with Gasteiger partial charge in [0, 0.05) is 18.5 Å². The van der Waals surface area contributed by atoms with Crippen LogP contribution < -0.4 is 10.6 Å². The Hall–Kier alpha value is -1.59. The van der Waals surface area contributed by atoms with Crippen LogP contribution >= 0.6 is 0 Å². The largest absolute Gasteiger partial charge is 0.481 e. The van der Waals surface area contributed by atoms with Crippen molar-refractivity contribution >= 4 is 17.8 Å². The minimum absolute atomic E-state index is 0.119. The lowest BCUT2D eigenvalue weighted by molar-refractivity contribution is -0.151. The molecule has 6 nitrogen and oxygen atoms in total. The van der Waals surface area contributed by atoms with Crippen molar-refractivity contribution in [1.29, 1.82) is 0 Å². The van der Waals surface area contributed by atoms with Crippen molar-refractivity contribution in [3.63, 3.8) is 0 Å². The quantitative estimate of drug-likeness (QED) is 0.709. The minimum Gasteiger partial charge on any atom is -0.481 e. The lowest BCUT2D eigenvalue weighted by atomic mass is 9.73. The number of hydrogen-bond acceptors (Lipinski definition) is 3. The maximum atomic E-state index is 12.4. The van der Waals surface area contributed by atoms with E-state index in [4.69, 9.17) is 0 Å². The summed E-state index contributed by atoms with van der Waals surface area (Å²) in [5.41, 5.74) is -0.375. The summed E-state index contributed by atoms with van der Waals surface area (Å²) < 4.78 is 0. The molecule has 120 valence electrons. The fourth-order valence-electron chi connectivity index (χ4n) is 2.71. The fourth-order valence-corrected chi connectivity index (χ4v) is 2.71. The maximum absolute atomic E-state index is 12.4. The van der Waals surface area contributed by atoms with E-state index < -0.39 is 17.8 Å². The van der Waals surface area contributed by atoms with Gasteiger partial charge in [0.2, 0.25) is 11.8 Å². The van der Waals surface area contributed by atoms with E-state index in [-0.39, 0.29) is 23.3 Å². The fraction of sp³-hybridized carbons (Fsp3) is 0.800. The monoisotopic (exact) mass is 298 g/mol. The molecular formula is C15H26N2O4. The van der Waals surface area contributed by atoms with Gasteiger partial charge in [-0.2, -0.15) is 0 Å². The summed E-state index contributed by atoms with van der Waals surface area (Å²) >= 11 is 0. The van der Waals surface area contributed by atoms with Crippen LogP contribution in [0.5, 0.6) is 0 Å². The van der Waals surface area contributed by atoms with Crippen molar-refractivity contribution in [2.45, 2.75) is 52.0 Å². The SMILES string of the molecule is CCC(C)(C)NC(=O)C1CC(C(=O)NC)CCC1C(=O)O. The second-order valence-corrected chi connectivity index (χ2v) is 6.40. The smallest absolute Gasteiger partial charge is 0.307 e. The molecule has 3 atom stereocenters. The van der Waals surface area contributed by atoms with Gasteiger partial charge in [0.25, 0.3) is 0 Å². The molecule has 3 unspecified atom stereocenters. The van der Waals surface area contributed by atoms with Crippen LogP contribution in [0, 0.1) is 17.8 Å². The van der Waals surface area contributed by atoms with Gasteiger partial charge in [0.05, 0.1) is 11.8 Å². The van der Waals surface area contributed by atoms with Gasteiger partial charge < -0.3 is 15.7 Å². The molecule has 0 aliphatic heterocycles. The summed E-state index contributed by atoms with van der Waals surface area (Å²) in [6.45, 7) is 5.77. The van der Waals surface area contributed by atoms with Gasteiger partial charge in [0.15, 0.2) is 0 Å². The molecular weight excluding hydrogens is 272 g/mol. The first-order chi connectivity index (χ1) is 9.71. The number of nitrogens with one attached hydrogen (secondary N) is 2. The third-order valence-corrected chi connectivity index (χ3v) is 4.47. The van der Waals surface area contributed by atoms with Gasteiger partial charge in [-0.15, -0.1) is 0 Å². The van der Waals surface area contributed by atoms with E-state index >= 15 is 0 Å². The highest BCUT2D eigenvalue weighted by atomic mass is 16.4. The first-order valence-corrected chi connectivity index (χ1v) is 7.48. The number of carbonyl (C=O) groups excluding carboxylic acids is 2. The molecule has 21 heavy (non-hydrogen) atoms. The van der Waals surface area contributed by atoms with Crippen molar-refractivity contribution in [1.82, 2.24) is 10.6 Å². The second-order valence-electron chi connectivity index (χ2n) is 6.40. The van der Waals surface area contributed by atoms with E-state index in [9.17, 15) is 19.5 Å². The highest BCUT2D eigenvalue weighted by Gasteiger charge is 2.42. The molecule has 0 saturated heterocycles. The molecule has 0 heterocycles. The Labute approximate surface area is 125 Å². The molecule has 1 fully saturated rings. The Kier molecular flexibility index (Phi) is 5.75. The van der Waals surface area contributed by atoms with Gasteiger partial charge >= 0.3 is 5.97 Å². The standard InChI is InChI=1S/C15H26N2O4/c1-5-15(2,3)17-13(19)11-8-9(12(18)16-4)6-7-10(11)14(20)21/h9-11H,5-8H2,1-4H3,(H,16,18)(H,17,19)(H,20,21). The van der Waals surface area contributed by atoms with E-state index in [0.29, 0.717) is 19.3 Å². The Morgan fingerprint density at radius 3 is 2.24 bits per heavy atom. The van der Waals surface area contributed by atoms with Crippen molar-refractivity contribution in [3.8, 4) is 0 Å². The second kappa shape index (κ2) is 6.91. The molecule has 1 aliphatic carbocycles. The molecule has 0 bridgehead atoms. The van der Waals surface area contributed by atoms with Crippen LogP contribution in [0.2, 0.25) is 0 Å². The van der Waals surface area contributed by atoms with Gasteiger partial charge in [0.1, 0.15) is 0 Å². The van der Waals surface area contributed by atoms with E-state index in [1.807, 2.05) is 20.8 Å². The average Bonchev–Trinajstić information content (AvgIpc) is 2.45. The van der Waals surface area contributed by atoms with Crippen LogP contribution in [0.15, 0.2) is 0 Å². The molecule has 3 N–H and O–H groups in total. The number of aliphatic carboxylic acids is 1. The lowest BCUT2D eigenvalue weighted by Crippen LogP contribution is -2.50. The van der Waals surface area contributed by atoms with E-state index in [2.05, 4.69) is 10.6 Å². The number of carboxylic acids is 1. The van der Waals surface area contributed by atoms with Gasteiger partial charge in [-0.3, -0.25) is 14.4 Å². The first-order valence-electron chi connectivity index (χ1n) is 7.48. The zero-order valence-corrected chi connectivity index (χ0v) is 13.2. The Morgan fingerprint density at radius 1 is 1.14 bits per heavy atom. The predicted octanol–water partition coefficient (Wildman–Crippen LogP) is 1.15. The van der Waals surface area contributed by atoms with Crippen LogP contribution in [-0.4, -0.2) is 35.5 Å². The molecule has 0 spiro atoms. The van der Waals surface area contributed by atoms with Gasteiger partial charge in [-0.25, -0.2) is 0 Å². The Morgan fingerprint density at radius 2 is 1.76 bits per heavy atom. The normalized spacial score (nSPS) is 26.0. The molecule has 0 aromatic rings. The summed E-state index contributed by atoms with van der Waals surface area (Å²) in [7, 11) is 1.56. The highest BCUT2D eigenvalue weighted by Crippen LogP contribution is 2.35. The summed E-state index contributed by atoms with van der Waals surface area (Å²) in [4.78, 5) is 35.6. The van der Waals surface area contributed by atoms with Crippen LogP contribution in [0.25, 0.3) is 0 Å². The molecule has 0 aromatic carbocycles. The average molecular weight is 298 g/mol. The third-order valence-electron chi connectivity index (χ3n) is 4.47. The molecule has 0 aromatic heterocycles. The van der Waals surface area contributed by atoms with E-state index in [0.717, 1.165) is 6.42 Å². The number of carbonyl (C=O) groups is 3. The molecule has 0 radical (unpaired) electrons. The maximum Gasteiger partial charge on any atom is 0.307 e. The van der Waals surface area contributed by atoms with Gasteiger partial charge in [-0.1, -0.05) is 6.92 Å². The first kappa shape index (κ1) is 17.5. The van der Waals surface area contributed by atoms with Crippen molar-refractivity contribution < 1.29 is 19.5 Å². The molecule has 2 amide bonds. The summed E-state index contributed by atoms with van der Waals surface area (Å²) in [6, 6.07) is 0. The van der Waals surface area contributed by atoms with Crippen LogP contribution in [-0.2, 0) is 14.4 Å². The number of carboxylic acid groups (broad SMARTS) is 1. The Balaban J connectivity index is 2.87. The van der Waals surface area contributed by atoms with Gasteiger partial charge in [-0.05, 0) is 39.5 Å². The topological polar surface area (TPSA) is 95.5 Å².